The maximum Gasteiger partial charge on any atom is 0.482 e. The van der Waals surface area contributed by atoms with Gasteiger partial charge >= 0.3 is 13.2 Å². The second-order valence-corrected chi connectivity index (χ2v) is 13.3. The maximum atomic E-state index is 13.2. The Morgan fingerprint density at radius 1 is 1.25 bits per heavy atom. The van der Waals surface area contributed by atoms with Crippen molar-refractivity contribution in [2.45, 2.75) is 76.6 Å². The SMILES string of the molecule is CC1(C)[C@@H]2C[C@H]3OB([C@H](Cc4coc5ccccc45)NC(=O)OC[C@H]4[C@H]5C[C@H]5CN4C(=O)CC#N)O[C@@]3(C)[C@H]1C2. The lowest BCUT2D eigenvalue weighted by atomic mass is 9.43. The minimum absolute atomic E-state index is 0.0133. The molecule has 210 valence electrons. The number of rotatable bonds is 7. The van der Waals surface area contributed by atoms with E-state index in [1.807, 2.05) is 30.3 Å². The van der Waals surface area contributed by atoms with Crippen LogP contribution in [0.25, 0.3) is 11.0 Å². The van der Waals surface area contributed by atoms with E-state index in [9.17, 15) is 9.59 Å². The van der Waals surface area contributed by atoms with E-state index in [1.165, 1.54) is 0 Å². The van der Waals surface area contributed by atoms with Gasteiger partial charge in [-0.25, -0.2) is 4.79 Å². The Morgan fingerprint density at radius 3 is 2.88 bits per heavy atom. The predicted octanol–water partition coefficient (Wildman–Crippen LogP) is 4.10. The third kappa shape index (κ3) is 4.04. The molecular weight excluding hydrogens is 509 g/mol. The summed E-state index contributed by atoms with van der Waals surface area (Å²) in [7, 11) is -0.626. The number of furan rings is 1. The number of alkyl carbamates (subject to hydrolysis) is 1. The van der Waals surface area contributed by atoms with Gasteiger partial charge in [-0.2, -0.15) is 5.26 Å². The number of benzene rings is 1. The molecule has 2 saturated heterocycles. The molecule has 0 radical (unpaired) electrons. The molecule has 2 amide bonds. The molecule has 1 aromatic carbocycles. The molecule has 2 aromatic rings. The Hall–Kier alpha value is -3.03. The van der Waals surface area contributed by atoms with E-state index in [2.05, 4.69) is 26.1 Å². The van der Waals surface area contributed by atoms with Crippen LogP contribution in [0.2, 0.25) is 0 Å². The van der Waals surface area contributed by atoms with Crippen LogP contribution in [0.15, 0.2) is 34.9 Å². The van der Waals surface area contributed by atoms with E-state index in [0.717, 1.165) is 35.8 Å². The zero-order chi connectivity index (χ0) is 27.8. The number of carbonyl (C=O) groups is 2. The first kappa shape index (κ1) is 25.9. The molecule has 8 rings (SSSR count). The number of para-hydroxylation sites is 1. The van der Waals surface area contributed by atoms with Gasteiger partial charge in [-0.3, -0.25) is 4.79 Å². The van der Waals surface area contributed by atoms with E-state index < -0.39 is 24.8 Å². The number of piperidine rings is 1. The number of likely N-dealkylation sites (tertiary alicyclic amines) is 1. The lowest BCUT2D eigenvalue weighted by Crippen LogP contribution is -2.65. The first-order chi connectivity index (χ1) is 19.2. The smallest absolute Gasteiger partial charge is 0.464 e. The topological polar surface area (TPSA) is 114 Å². The van der Waals surface area contributed by atoms with Crippen LogP contribution in [0.4, 0.5) is 4.79 Å². The van der Waals surface area contributed by atoms with E-state index in [-0.39, 0.29) is 36.5 Å². The summed E-state index contributed by atoms with van der Waals surface area (Å²) in [4.78, 5) is 27.4. The van der Waals surface area contributed by atoms with Crippen LogP contribution in [0.3, 0.4) is 0 Å². The number of nitrogens with one attached hydrogen (secondary N) is 1. The molecule has 6 aliphatic rings. The molecular formula is C30H36BN3O6. The number of ether oxygens (including phenoxy) is 1. The normalized spacial score (nSPS) is 35.4. The monoisotopic (exact) mass is 545 g/mol. The highest BCUT2D eigenvalue weighted by Crippen LogP contribution is 2.65. The van der Waals surface area contributed by atoms with Crippen molar-refractivity contribution >= 4 is 30.1 Å². The van der Waals surface area contributed by atoms with Crippen molar-refractivity contribution in [1.82, 2.24) is 10.2 Å². The number of carbonyl (C=O) groups excluding carboxylic acids is 2. The van der Waals surface area contributed by atoms with Gasteiger partial charge < -0.3 is 28.7 Å². The third-order valence-electron chi connectivity index (χ3n) is 10.8. The van der Waals surface area contributed by atoms with Crippen molar-refractivity contribution in [3.05, 3.63) is 36.1 Å². The van der Waals surface area contributed by atoms with Gasteiger partial charge in [-0.05, 0) is 73.3 Å². The highest BCUT2D eigenvalue weighted by molar-refractivity contribution is 6.48. The van der Waals surface area contributed by atoms with Gasteiger partial charge in [-0.15, -0.1) is 0 Å². The number of hydrogen-bond donors (Lipinski definition) is 1. The molecule has 2 aliphatic heterocycles. The first-order valence-electron chi connectivity index (χ1n) is 14.6. The third-order valence-corrected chi connectivity index (χ3v) is 10.8. The van der Waals surface area contributed by atoms with Gasteiger partial charge in [0.2, 0.25) is 5.91 Å². The number of amides is 2. The van der Waals surface area contributed by atoms with E-state index in [0.29, 0.717) is 36.6 Å². The molecule has 9 nitrogen and oxygen atoms in total. The summed E-state index contributed by atoms with van der Waals surface area (Å²) >= 11 is 0. The zero-order valence-corrected chi connectivity index (χ0v) is 23.3. The van der Waals surface area contributed by atoms with E-state index >= 15 is 0 Å². The van der Waals surface area contributed by atoms with Crippen molar-refractivity contribution in [3.63, 3.8) is 0 Å². The van der Waals surface area contributed by atoms with Crippen LogP contribution in [0.5, 0.6) is 0 Å². The lowest BCUT2D eigenvalue weighted by Gasteiger charge is -2.64. The van der Waals surface area contributed by atoms with Crippen LogP contribution < -0.4 is 5.32 Å². The van der Waals surface area contributed by atoms with Gasteiger partial charge in [-0.1, -0.05) is 32.0 Å². The molecule has 6 fully saturated rings. The average molecular weight is 545 g/mol. The van der Waals surface area contributed by atoms with Gasteiger partial charge in [0.05, 0.1) is 36.0 Å². The highest BCUT2D eigenvalue weighted by Gasteiger charge is 2.68. The lowest BCUT2D eigenvalue weighted by molar-refractivity contribution is -0.199. The summed E-state index contributed by atoms with van der Waals surface area (Å²) in [6, 6.07) is 9.60. The fourth-order valence-corrected chi connectivity index (χ4v) is 8.31. The van der Waals surface area contributed by atoms with Crippen LogP contribution in [-0.2, 0) is 25.3 Å². The standard InChI is InChI=1S/C30H36BN3O6/c1-29(2)19-12-24(29)30(3)25(13-19)39-31(40-30)26(11-18-15-37-23-7-5-4-6-20(18)23)33-28(36)38-16-22-21-10-17(21)14-34(22)27(35)8-9-32/h4-7,15,17,19,21-22,24-26H,8,10-14,16H2,1-3H3,(H,33,36)/t17-,19-,21-,22-,24-,25+,26-,30-/m0/s1. The Morgan fingerprint density at radius 2 is 2.08 bits per heavy atom. The average Bonchev–Trinajstić information content (AvgIpc) is 3.25. The van der Waals surface area contributed by atoms with Crippen LogP contribution in [0, 0.1) is 40.4 Å². The van der Waals surface area contributed by atoms with E-state index in [1.54, 1.807) is 11.2 Å². The van der Waals surface area contributed by atoms with Crippen molar-refractivity contribution in [2.75, 3.05) is 13.2 Å². The molecule has 10 heteroatoms. The molecule has 4 saturated carbocycles. The quantitative estimate of drug-likeness (QED) is 0.521. The minimum atomic E-state index is -0.626. The summed E-state index contributed by atoms with van der Waals surface area (Å²) in [5.41, 5.74) is 1.56. The van der Waals surface area contributed by atoms with Crippen molar-refractivity contribution < 1.29 is 28.1 Å². The number of hydrogen-bond acceptors (Lipinski definition) is 7. The molecule has 0 spiro atoms. The fraction of sp³-hybridized carbons (Fsp3) is 0.633. The van der Waals surface area contributed by atoms with E-state index in [4.69, 9.17) is 23.7 Å². The highest BCUT2D eigenvalue weighted by atomic mass is 16.7. The molecule has 3 heterocycles. The first-order valence-corrected chi connectivity index (χ1v) is 14.6. The summed E-state index contributed by atoms with van der Waals surface area (Å²) < 4.78 is 24.8. The predicted molar refractivity (Wildman–Crippen MR) is 146 cm³/mol. The summed E-state index contributed by atoms with van der Waals surface area (Å²) in [6.07, 6.45) is 4.60. The zero-order valence-electron chi connectivity index (χ0n) is 23.3. The van der Waals surface area contributed by atoms with Gasteiger partial charge in [0.1, 0.15) is 18.6 Å². The van der Waals surface area contributed by atoms with Gasteiger partial charge in [0, 0.05) is 11.9 Å². The van der Waals surface area contributed by atoms with Gasteiger partial charge in [0.15, 0.2) is 0 Å². The summed E-state index contributed by atoms with van der Waals surface area (Å²) in [5.74, 6) is 1.12. The Kier molecular flexibility index (Phi) is 5.99. The van der Waals surface area contributed by atoms with Gasteiger partial charge in [0.25, 0.3) is 0 Å². The molecule has 1 aromatic heterocycles. The van der Waals surface area contributed by atoms with Crippen LogP contribution in [-0.4, -0.2) is 60.9 Å². The maximum absolute atomic E-state index is 13.2. The molecule has 2 bridgehead atoms. The fourth-order valence-electron chi connectivity index (χ4n) is 8.31. The second kappa shape index (κ2) is 9.25. The van der Waals surface area contributed by atoms with Crippen molar-refractivity contribution in [2.24, 2.45) is 29.1 Å². The van der Waals surface area contributed by atoms with Crippen molar-refractivity contribution in [3.8, 4) is 6.07 Å². The summed E-state index contributed by atoms with van der Waals surface area (Å²) in [5, 5.41) is 13.0. The Labute approximate surface area is 234 Å². The molecule has 8 atom stereocenters. The largest absolute Gasteiger partial charge is 0.482 e. The van der Waals surface area contributed by atoms with Crippen LogP contribution in [0.1, 0.15) is 52.0 Å². The molecule has 4 aliphatic carbocycles. The van der Waals surface area contributed by atoms with Crippen molar-refractivity contribution in [1.29, 1.82) is 5.26 Å². The molecule has 40 heavy (non-hydrogen) atoms. The second-order valence-electron chi connectivity index (χ2n) is 13.3. The number of nitrogens with zero attached hydrogens (tertiary/aromatic N) is 2. The van der Waals surface area contributed by atoms with Crippen LogP contribution >= 0.6 is 0 Å². The number of nitriles is 1. The molecule has 1 N–H and O–H groups in total. The Bertz CT molecular complexity index is 1390. The molecule has 0 unspecified atom stereocenters. The Balaban J connectivity index is 1.08. The number of fused-ring (bicyclic) bond motifs is 2. The summed E-state index contributed by atoms with van der Waals surface area (Å²) in [6.45, 7) is 7.57. The minimum Gasteiger partial charge on any atom is -0.464 e.